The molecule has 3 N–H and O–H groups in total. The van der Waals surface area contributed by atoms with E-state index in [4.69, 9.17) is 0 Å². The minimum absolute atomic E-state index is 0. The van der Waals surface area contributed by atoms with Gasteiger partial charge in [-0.15, -0.1) is 0 Å². The predicted molar refractivity (Wildman–Crippen MR) is 110 cm³/mol. The number of rotatable bonds is 6. The Labute approximate surface area is 234 Å². The summed E-state index contributed by atoms with van der Waals surface area (Å²) in [5.74, 6) is -0.466. The number of aliphatic imine (C=N–C) groups is 1. The van der Waals surface area contributed by atoms with E-state index in [2.05, 4.69) is 22.5 Å². The quantitative estimate of drug-likeness (QED) is 0.131. The first-order valence-electron chi connectivity index (χ1n) is 7.65. The zero-order chi connectivity index (χ0) is 21.8. The van der Waals surface area contributed by atoms with Crippen molar-refractivity contribution in [2.45, 2.75) is 16.7 Å². The Hall–Kier alpha value is -0.770. The van der Waals surface area contributed by atoms with Gasteiger partial charge in [-0.2, -0.15) is 4.99 Å². The Bertz CT molecular complexity index is 1270. The minimum atomic E-state index is -4.92. The van der Waals surface area contributed by atoms with Gasteiger partial charge in [0.05, 0.1) is 20.6 Å². The van der Waals surface area contributed by atoms with Crippen LogP contribution in [0, 0.1) is 0 Å². The molecule has 2 aromatic carbocycles. The molecule has 0 aliphatic heterocycles. The molecule has 0 spiro atoms. The molecule has 32 heavy (non-hydrogen) atoms. The molecular formula is C17H14N2Na2O8S3. The van der Waals surface area contributed by atoms with Crippen LogP contribution in [0.3, 0.4) is 0 Å². The second-order valence-corrected chi connectivity index (χ2v) is 8.48. The average Bonchev–Trinajstić information content (AvgIpc) is 2.59. The summed E-state index contributed by atoms with van der Waals surface area (Å²) in [5.41, 5.74) is 0.0659. The number of amides is 1. The number of thiocarbonyl (C=S) groups is 1. The van der Waals surface area contributed by atoms with Gasteiger partial charge >= 0.3 is 59.1 Å². The van der Waals surface area contributed by atoms with Crippen molar-refractivity contribution < 1.29 is 95.3 Å². The molecule has 0 atom stereocenters. The molecule has 0 unspecified atom stereocenters. The van der Waals surface area contributed by atoms with Gasteiger partial charge in [-0.3, -0.25) is 4.79 Å². The summed E-state index contributed by atoms with van der Waals surface area (Å²) < 4.78 is 69.3. The maximum Gasteiger partial charge on any atom is 1.00 e. The summed E-state index contributed by atoms with van der Waals surface area (Å²) >= 11 is 4.43. The van der Waals surface area contributed by atoms with Crippen LogP contribution in [0.25, 0.3) is 12.2 Å². The van der Waals surface area contributed by atoms with Gasteiger partial charge in [0.15, 0.2) is 0 Å². The number of anilines is 1. The van der Waals surface area contributed by atoms with Crippen molar-refractivity contribution in [3.8, 4) is 0 Å². The average molecular weight is 516 g/mol. The largest absolute Gasteiger partial charge is 1.00 e. The normalized spacial score (nSPS) is 10.7. The van der Waals surface area contributed by atoms with Crippen molar-refractivity contribution in [3.63, 3.8) is 0 Å². The van der Waals surface area contributed by atoms with Gasteiger partial charge in [-0.05, 0) is 47.6 Å². The summed E-state index contributed by atoms with van der Waals surface area (Å²) in [6.45, 7) is 1.21. The van der Waals surface area contributed by atoms with Crippen molar-refractivity contribution >= 4 is 67.0 Å². The van der Waals surface area contributed by atoms with Gasteiger partial charge in [0, 0.05) is 12.6 Å². The molecule has 0 aliphatic carbocycles. The van der Waals surface area contributed by atoms with Gasteiger partial charge in [-0.25, -0.2) is 16.8 Å². The van der Waals surface area contributed by atoms with E-state index in [0.29, 0.717) is 0 Å². The van der Waals surface area contributed by atoms with E-state index in [0.717, 1.165) is 24.3 Å². The Kier molecular flexibility index (Phi) is 14.4. The van der Waals surface area contributed by atoms with Crippen LogP contribution in [0.15, 0.2) is 51.2 Å². The Balaban J connectivity index is 0. The predicted octanol–water partition coefficient (Wildman–Crippen LogP) is -4.46. The maximum atomic E-state index is 11.6. The van der Waals surface area contributed by atoms with E-state index >= 15 is 0 Å². The fourth-order valence-electron chi connectivity index (χ4n) is 2.35. The number of carbonyl (C=O) groups is 1. The van der Waals surface area contributed by atoms with Gasteiger partial charge in [0.2, 0.25) is 5.91 Å². The van der Waals surface area contributed by atoms with E-state index in [1.54, 1.807) is 0 Å². The number of nitrogens with one attached hydrogen (secondary N) is 1. The van der Waals surface area contributed by atoms with E-state index in [-0.39, 0.29) is 87.1 Å². The summed E-state index contributed by atoms with van der Waals surface area (Å²) in [7, 11) is -9.80. The van der Waals surface area contributed by atoms with E-state index < -0.39 is 35.9 Å². The summed E-state index contributed by atoms with van der Waals surface area (Å²) in [6.07, 6.45) is 2.33. The fraction of sp³-hybridized carbons (Fsp3) is 0.0588. The molecule has 0 saturated carbocycles. The SMILES string of the molecule is CC(=O)Nc1ccc(/C=C/c2ccc(N=C=S)cc2S(=O)(=O)[O-])c(S(=O)(=O)[O-])c1.O.[Na+].[Na+]. The molecule has 0 heterocycles. The van der Waals surface area contributed by atoms with Gasteiger partial charge in [0.1, 0.15) is 20.2 Å². The Morgan fingerprint density at radius 2 is 1.44 bits per heavy atom. The first-order chi connectivity index (χ1) is 13.4. The second-order valence-electron chi connectivity index (χ2n) is 5.60. The van der Waals surface area contributed by atoms with Crippen LogP contribution < -0.4 is 64.4 Å². The monoisotopic (exact) mass is 516 g/mol. The minimum Gasteiger partial charge on any atom is -0.744 e. The maximum absolute atomic E-state index is 11.6. The van der Waals surface area contributed by atoms with Crippen molar-refractivity contribution in [1.29, 1.82) is 0 Å². The molecule has 2 rings (SSSR count). The Morgan fingerprint density at radius 1 is 0.969 bits per heavy atom. The molecular weight excluding hydrogens is 502 g/mol. The van der Waals surface area contributed by atoms with Crippen LogP contribution in [-0.4, -0.2) is 42.5 Å². The molecule has 0 bridgehead atoms. The first kappa shape index (κ1) is 33.4. The fourth-order valence-corrected chi connectivity index (χ4v) is 3.84. The topological polar surface area (TPSA) is 187 Å². The van der Waals surface area contributed by atoms with Crippen molar-refractivity contribution in [2.24, 2.45) is 4.99 Å². The standard InChI is InChI=1S/C17H14N2O7S3.2Na.H2O/c1-11(20)19-15-7-5-13(17(9-15)29(24,25)26)3-2-12-4-6-14(18-10-27)8-16(12)28(21,22)23;;;/h2-9H,1H3,(H,19,20)(H,21,22,23)(H,24,25,26);;;1H2/q;2*+1;/p-2/b3-2+;;;. The Morgan fingerprint density at radius 3 is 1.88 bits per heavy atom. The molecule has 0 radical (unpaired) electrons. The van der Waals surface area contributed by atoms with E-state index in [1.807, 2.05) is 5.16 Å². The summed E-state index contributed by atoms with van der Waals surface area (Å²) in [4.78, 5) is 13.5. The smallest absolute Gasteiger partial charge is 0.744 e. The van der Waals surface area contributed by atoms with E-state index in [1.165, 1.54) is 31.2 Å². The summed E-state index contributed by atoms with van der Waals surface area (Å²) in [6, 6.07) is 7.22. The molecule has 0 fully saturated rings. The van der Waals surface area contributed by atoms with Crippen molar-refractivity contribution in [2.75, 3.05) is 5.32 Å². The summed E-state index contributed by atoms with van der Waals surface area (Å²) in [5, 5.41) is 4.40. The molecule has 160 valence electrons. The molecule has 0 saturated heterocycles. The van der Waals surface area contributed by atoms with Crippen molar-refractivity contribution in [1.82, 2.24) is 0 Å². The third-order valence-electron chi connectivity index (χ3n) is 3.49. The molecule has 1 amide bonds. The van der Waals surface area contributed by atoms with Gasteiger partial charge in [0.25, 0.3) is 0 Å². The van der Waals surface area contributed by atoms with Crippen molar-refractivity contribution in [3.05, 3.63) is 47.5 Å². The number of benzene rings is 2. The number of hydrogen-bond acceptors (Lipinski definition) is 9. The third kappa shape index (κ3) is 9.61. The van der Waals surface area contributed by atoms with Gasteiger partial charge in [-0.1, -0.05) is 24.3 Å². The van der Waals surface area contributed by atoms with Crippen LogP contribution in [0.5, 0.6) is 0 Å². The van der Waals surface area contributed by atoms with E-state index in [9.17, 15) is 30.7 Å². The molecule has 0 aromatic heterocycles. The zero-order valence-corrected chi connectivity index (χ0v) is 23.6. The first-order valence-corrected chi connectivity index (χ1v) is 10.9. The van der Waals surface area contributed by atoms with Gasteiger partial charge < -0.3 is 19.9 Å². The van der Waals surface area contributed by atoms with Crippen LogP contribution >= 0.6 is 12.2 Å². The van der Waals surface area contributed by atoms with Crippen LogP contribution in [0.2, 0.25) is 0 Å². The molecule has 0 aliphatic rings. The molecule has 10 nitrogen and oxygen atoms in total. The third-order valence-corrected chi connectivity index (χ3v) is 5.36. The van der Waals surface area contributed by atoms with Crippen LogP contribution in [-0.2, 0) is 25.0 Å². The molecule has 2 aromatic rings. The number of hydrogen-bond donors (Lipinski definition) is 1. The number of nitrogens with zero attached hydrogens (tertiary/aromatic N) is 1. The van der Waals surface area contributed by atoms with Crippen LogP contribution in [0.4, 0.5) is 11.4 Å². The zero-order valence-electron chi connectivity index (χ0n) is 17.1. The number of carbonyl (C=O) groups excluding carboxylic acids is 1. The number of isothiocyanates is 1. The molecule has 15 heteroatoms. The second kappa shape index (κ2) is 13.8. The van der Waals surface area contributed by atoms with Crippen LogP contribution in [0.1, 0.15) is 18.1 Å².